The lowest BCUT2D eigenvalue weighted by Gasteiger charge is -2.22. The normalized spacial score (nSPS) is 11.8. The predicted molar refractivity (Wildman–Crippen MR) is 156 cm³/mol. The van der Waals surface area contributed by atoms with Gasteiger partial charge in [-0.1, -0.05) is 55.4 Å². The van der Waals surface area contributed by atoms with E-state index < -0.39 is 16.9 Å². The van der Waals surface area contributed by atoms with Gasteiger partial charge >= 0.3 is 0 Å². The number of hydrogen-bond donors (Lipinski definition) is 2. The van der Waals surface area contributed by atoms with Crippen LogP contribution in [-0.4, -0.2) is 42.2 Å². The molecule has 11 nitrogen and oxygen atoms in total. The fourth-order valence-corrected chi connectivity index (χ4v) is 5.49. The zero-order valence-corrected chi connectivity index (χ0v) is 24.2. The van der Waals surface area contributed by atoms with E-state index in [1.165, 1.54) is 47.4 Å². The molecule has 2 N–H and O–H groups in total. The number of carbonyl (C=O) groups excluding carboxylic acids is 2. The van der Waals surface area contributed by atoms with E-state index in [4.69, 9.17) is 11.6 Å². The van der Waals surface area contributed by atoms with Crippen LogP contribution in [0.4, 0.5) is 10.8 Å². The molecule has 0 spiro atoms. The van der Waals surface area contributed by atoms with Crippen molar-refractivity contribution in [1.82, 2.24) is 25.1 Å². The number of rotatable bonds is 11. The molecule has 1 atom stereocenters. The fourth-order valence-electron chi connectivity index (χ4n) is 3.82. The Morgan fingerprint density at radius 3 is 2.60 bits per heavy atom. The number of benzene rings is 2. The monoisotopic (exact) mass is 599 g/mol. The maximum absolute atomic E-state index is 12.9. The number of nitrogens with one attached hydrogen (secondary N) is 2. The Labute approximate surface area is 243 Å². The summed E-state index contributed by atoms with van der Waals surface area (Å²) in [6.07, 6.45) is 0. The summed E-state index contributed by atoms with van der Waals surface area (Å²) in [5.74, 6) is -0.137. The summed E-state index contributed by atoms with van der Waals surface area (Å²) in [6, 6.07) is 12.3. The van der Waals surface area contributed by atoms with Crippen LogP contribution >= 0.6 is 34.7 Å². The third-order valence-corrected chi connectivity index (χ3v) is 7.81. The molecule has 0 bridgehead atoms. The second-order valence-corrected chi connectivity index (χ2v) is 11.2. The van der Waals surface area contributed by atoms with Crippen LogP contribution in [0.3, 0.4) is 0 Å². The van der Waals surface area contributed by atoms with Crippen LogP contribution in [0, 0.1) is 16.0 Å². The second-order valence-electron chi connectivity index (χ2n) is 8.97. The van der Waals surface area contributed by atoms with Crippen molar-refractivity contribution in [3.8, 4) is 11.3 Å². The minimum absolute atomic E-state index is 0.0574. The number of anilines is 1. The molecule has 2 aromatic heterocycles. The maximum Gasteiger partial charge on any atom is 0.270 e. The van der Waals surface area contributed by atoms with Crippen LogP contribution < -0.4 is 10.6 Å². The lowest BCUT2D eigenvalue weighted by Crippen LogP contribution is -2.33. The summed E-state index contributed by atoms with van der Waals surface area (Å²) in [5, 5.41) is 29.0. The van der Waals surface area contributed by atoms with E-state index >= 15 is 0 Å². The number of nitro groups is 1. The third-order valence-electron chi connectivity index (χ3n) is 5.84. The highest BCUT2D eigenvalue weighted by Crippen LogP contribution is 2.28. The molecule has 0 fully saturated rings. The van der Waals surface area contributed by atoms with Gasteiger partial charge in [0.1, 0.15) is 0 Å². The van der Waals surface area contributed by atoms with Gasteiger partial charge in [-0.05, 0) is 31.0 Å². The van der Waals surface area contributed by atoms with Crippen molar-refractivity contribution in [2.45, 2.75) is 38.5 Å². The van der Waals surface area contributed by atoms with E-state index in [2.05, 4.69) is 25.8 Å². The Kier molecular flexibility index (Phi) is 9.50. The van der Waals surface area contributed by atoms with Gasteiger partial charge in [-0.15, -0.1) is 21.5 Å². The average Bonchev–Trinajstić information content (AvgIpc) is 3.57. The Morgan fingerprint density at radius 2 is 1.93 bits per heavy atom. The third kappa shape index (κ3) is 7.03. The van der Waals surface area contributed by atoms with Gasteiger partial charge in [0.05, 0.1) is 22.4 Å². The smallest absolute Gasteiger partial charge is 0.270 e. The number of aromatic nitrogens is 4. The standard InChI is InChI=1S/C26H26ClN7O4S2/c1-4-33-23(22(15(2)3)30-24(36)17-6-5-7-19(12-17)34(37)38)31-32-26(33)40-14-21(35)29-25-28-20(13-39-25)16-8-10-18(27)11-9-16/h5-13,15,22H,4,14H2,1-3H3,(H,30,36)(H,28,29,35)/t22-/m0/s1. The van der Waals surface area contributed by atoms with Gasteiger partial charge in [0.15, 0.2) is 16.1 Å². The zero-order chi connectivity index (χ0) is 28.8. The molecule has 0 saturated carbocycles. The lowest BCUT2D eigenvalue weighted by atomic mass is 10.0. The minimum atomic E-state index is -0.544. The molecule has 0 aliphatic heterocycles. The highest BCUT2D eigenvalue weighted by molar-refractivity contribution is 7.99. The first kappa shape index (κ1) is 29.2. The highest BCUT2D eigenvalue weighted by atomic mass is 35.5. The van der Waals surface area contributed by atoms with E-state index in [-0.39, 0.29) is 28.8 Å². The van der Waals surface area contributed by atoms with E-state index in [0.717, 1.165) is 11.3 Å². The van der Waals surface area contributed by atoms with Gasteiger partial charge in [-0.3, -0.25) is 19.7 Å². The summed E-state index contributed by atoms with van der Waals surface area (Å²) in [5.41, 5.74) is 1.65. The van der Waals surface area contributed by atoms with Gasteiger partial charge in [0, 0.05) is 40.2 Å². The second kappa shape index (κ2) is 13.0. The molecule has 2 aromatic carbocycles. The van der Waals surface area contributed by atoms with Crippen molar-refractivity contribution in [2.75, 3.05) is 11.1 Å². The molecule has 0 saturated heterocycles. The molecule has 0 aliphatic rings. The van der Waals surface area contributed by atoms with Crippen LogP contribution in [0.1, 0.15) is 43.0 Å². The van der Waals surface area contributed by atoms with Crippen molar-refractivity contribution in [1.29, 1.82) is 0 Å². The van der Waals surface area contributed by atoms with Crippen molar-refractivity contribution >= 4 is 57.3 Å². The van der Waals surface area contributed by atoms with Gasteiger partial charge in [0.25, 0.3) is 11.6 Å². The van der Waals surface area contributed by atoms with Gasteiger partial charge < -0.3 is 15.2 Å². The van der Waals surface area contributed by atoms with Gasteiger partial charge in [-0.25, -0.2) is 4.98 Å². The number of thioether (sulfide) groups is 1. The number of amides is 2. The molecule has 2 amide bonds. The molecular weight excluding hydrogens is 574 g/mol. The molecule has 2 heterocycles. The number of non-ortho nitro benzene ring substituents is 1. The van der Waals surface area contributed by atoms with E-state index in [0.29, 0.717) is 27.7 Å². The summed E-state index contributed by atoms with van der Waals surface area (Å²) >= 11 is 8.50. The number of nitro benzene ring substituents is 1. The maximum atomic E-state index is 12.9. The first-order valence-corrected chi connectivity index (χ1v) is 14.5. The number of carbonyl (C=O) groups is 2. The summed E-state index contributed by atoms with van der Waals surface area (Å²) in [6.45, 7) is 6.29. The topological polar surface area (TPSA) is 145 Å². The van der Waals surface area contributed by atoms with E-state index in [1.54, 1.807) is 12.1 Å². The quantitative estimate of drug-likeness (QED) is 0.124. The molecule has 0 aliphatic carbocycles. The highest BCUT2D eigenvalue weighted by Gasteiger charge is 2.27. The molecule has 4 aromatic rings. The fraction of sp³-hybridized carbons (Fsp3) is 0.269. The summed E-state index contributed by atoms with van der Waals surface area (Å²) < 4.78 is 1.85. The molecule has 0 unspecified atom stereocenters. The predicted octanol–water partition coefficient (Wildman–Crippen LogP) is 5.84. The molecule has 40 heavy (non-hydrogen) atoms. The molecular formula is C26H26ClN7O4S2. The molecule has 0 radical (unpaired) electrons. The summed E-state index contributed by atoms with van der Waals surface area (Å²) in [7, 11) is 0. The van der Waals surface area contributed by atoms with Crippen LogP contribution in [0.5, 0.6) is 0 Å². The zero-order valence-electron chi connectivity index (χ0n) is 21.8. The Balaban J connectivity index is 1.41. The van der Waals surface area contributed by atoms with Crippen molar-refractivity contribution in [3.05, 3.63) is 80.4 Å². The van der Waals surface area contributed by atoms with Crippen LogP contribution in [0.15, 0.2) is 59.1 Å². The van der Waals surface area contributed by atoms with Crippen molar-refractivity contribution in [2.24, 2.45) is 5.92 Å². The van der Waals surface area contributed by atoms with E-state index in [9.17, 15) is 19.7 Å². The average molecular weight is 600 g/mol. The first-order valence-electron chi connectivity index (χ1n) is 12.3. The Hall–Kier alpha value is -3.81. The van der Waals surface area contributed by atoms with Crippen molar-refractivity contribution < 1.29 is 14.5 Å². The van der Waals surface area contributed by atoms with Crippen molar-refractivity contribution in [3.63, 3.8) is 0 Å². The number of halogens is 1. The number of hydrogen-bond acceptors (Lipinski definition) is 9. The summed E-state index contributed by atoms with van der Waals surface area (Å²) in [4.78, 5) is 40.6. The largest absolute Gasteiger partial charge is 0.342 e. The first-order chi connectivity index (χ1) is 19.2. The number of thiazole rings is 1. The van der Waals surface area contributed by atoms with Crippen LogP contribution in [0.25, 0.3) is 11.3 Å². The number of nitrogens with zero attached hydrogens (tertiary/aromatic N) is 5. The SMILES string of the molecule is CCn1c(SCC(=O)Nc2nc(-c3ccc(Cl)cc3)cs2)nnc1[C@@H](NC(=O)c1cccc([N+](=O)[O-])c1)C(C)C. The van der Waals surface area contributed by atoms with Gasteiger partial charge in [-0.2, -0.15) is 0 Å². The van der Waals surface area contributed by atoms with Gasteiger partial charge in [0.2, 0.25) is 5.91 Å². The minimum Gasteiger partial charge on any atom is -0.342 e. The Morgan fingerprint density at radius 1 is 1.18 bits per heavy atom. The molecule has 4 rings (SSSR count). The lowest BCUT2D eigenvalue weighted by molar-refractivity contribution is -0.384. The Bertz CT molecular complexity index is 1520. The van der Waals surface area contributed by atoms with E-state index in [1.807, 2.05) is 42.9 Å². The molecule has 208 valence electrons. The molecule has 14 heteroatoms. The van der Waals surface area contributed by atoms with Crippen LogP contribution in [-0.2, 0) is 11.3 Å². The van der Waals surface area contributed by atoms with Crippen LogP contribution in [0.2, 0.25) is 5.02 Å².